The molecule has 0 aromatic heterocycles. The minimum atomic E-state index is -3.96. The largest absolute Gasteiger partial charge is 0.507 e. The Balaban J connectivity index is 2.73. The highest BCUT2D eigenvalue weighted by Gasteiger charge is 2.27. The summed E-state index contributed by atoms with van der Waals surface area (Å²) in [5.41, 5.74) is 1.26. The maximum absolute atomic E-state index is 13.0. The Kier molecular flexibility index (Phi) is 6.37. The molecule has 0 heterocycles. The van der Waals surface area contributed by atoms with Crippen molar-refractivity contribution in [1.82, 2.24) is 0 Å². The van der Waals surface area contributed by atoms with Crippen molar-refractivity contribution in [3.05, 3.63) is 62.5 Å². The van der Waals surface area contributed by atoms with Crippen LogP contribution in [0.1, 0.15) is 58.2 Å². The molecule has 0 radical (unpaired) electrons. The van der Waals surface area contributed by atoms with E-state index in [-0.39, 0.29) is 26.4 Å². The Morgan fingerprint density at radius 1 is 1.00 bits per heavy atom. The molecular formula is C23H26BrNO3S. The number of sulfone groups is 1. The van der Waals surface area contributed by atoms with Crippen LogP contribution >= 0.6 is 15.9 Å². The van der Waals surface area contributed by atoms with E-state index in [2.05, 4.69) is 15.9 Å². The van der Waals surface area contributed by atoms with Gasteiger partial charge in [0.15, 0.2) is 0 Å². The van der Waals surface area contributed by atoms with Gasteiger partial charge in [0.1, 0.15) is 16.7 Å². The van der Waals surface area contributed by atoms with Crippen molar-refractivity contribution < 1.29 is 13.5 Å². The van der Waals surface area contributed by atoms with Gasteiger partial charge in [-0.3, -0.25) is 0 Å². The summed E-state index contributed by atoms with van der Waals surface area (Å²) in [6.07, 6.45) is 1.38. The van der Waals surface area contributed by atoms with E-state index in [0.717, 1.165) is 4.47 Å². The Morgan fingerprint density at radius 2 is 1.45 bits per heavy atom. The zero-order valence-electron chi connectivity index (χ0n) is 17.5. The molecule has 2 aromatic rings. The fourth-order valence-corrected chi connectivity index (χ4v) is 4.37. The number of hydrogen-bond acceptors (Lipinski definition) is 4. The van der Waals surface area contributed by atoms with Gasteiger partial charge in [0.2, 0.25) is 9.84 Å². The summed E-state index contributed by atoms with van der Waals surface area (Å²) >= 11 is 3.28. The van der Waals surface area contributed by atoms with Gasteiger partial charge in [-0.05, 0) is 58.9 Å². The van der Waals surface area contributed by atoms with Crippen LogP contribution in [0.3, 0.4) is 0 Å². The Labute approximate surface area is 181 Å². The van der Waals surface area contributed by atoms with Crippen LogP contribution in [-0.2, 0) is 20.7 Å². The molecule has 4 nitrogen and oxygen atoms in total. The molecule has 0 unspecified atom stereocenters. The molecule has 0 aliphatic heterocycles. The van der Waals surface area contributed by atoms with Crippen LogP contribution in [-0.4, -0.2) is 13.5 Å². The van der Waals surface area contributed by atoms with E-state index >= 15 is 0 Å². The van der Waals surface area contributed by atoms with E-state index in [1.165, 1.54) is 18.2 Å². The van der Waals surface area contributed by atoms with Crippen molar-refractivity contribution in [3.63, 3.8) is 0 Å². The first-order valence-electron chi connectivity index (χ1n) is 9.18. The molecule has 0 saturated carbocycles. The molecule has 0 bridgehead atoms. The lowest BCUT2D eigenvalue weighted by Gasteiger charge is -2.28. The van der Waals surface area contributed by atoms with E-state index < -0.39 is 9.84 Å². The molecule has 154 valence electrons. The highest BCUT2D eigenvalue weighted by Crippen LogP contribution is 2.40. The Hall–Kier alpha value is -2.10. The van der Waals surface area contributed by atoms with E-state index in [0.29, 0.717) is 16.7 Å². The zero-order valence-corrected chi connectivity index (χ0v) is 19.9. The van der Waals surface area contributed by atoms with Crippen LogP contribution in [0.5, 0.6) is 5.75 Å². The first-order valence-corrected chi connectivity index (χ1v) is 11.5. The van der Waals surface area contributed by atoms with Gasteiger partial charge in [0, 0.05) is 15.6 Å². The quantitative estimate of drug-likeness (QED) is 0.544. The standard InChI is InChI=1S/C23H26BrNO3S/c1-22(2,3)19-12-15(13-20(21(19)26)23(4,5)6)11-18(14-25)29(27,28)17-9-7-16(24)8-10-17/h7-13,26H,1-6H3/b18-11+. The van der Waals surface area contributed by atoms with Crippen molar-refractivity contribution >= 4 is 31.8 Å². The lowest BCUT2D eigenvalue weighted by Crippen LogP contribution is -2.17. The molecule has 2 rings (SSSR count). The molecule has 0 saturated heterocycles. The fourth-order valence-electron chi connectivity index (χ4n) is 2.95. The second-order valence-corrected chi connectivity index (χ2v) is 11.9. The number of benzene rings is 2. The monoisotopic (exact) mass is 475 g/mol. The van der Waals surface area contributed by atoms with Crippen LogP contribution in [0.2, 0.25) is 0 Å². The number of hydrogen-bond donors (Lipinski definition) is 1. The summed E-state index contributed by atoms with van der Waals surface area (Å²) in [4.78, 5) is -0.287. The highest BCUT2D eigenvalue weighted by molar-refractivity contribution is 9.10. The molecule has 0 fully saturated rings. The average Bonchev–Trinajstić information content (AvgIpc) is 2.58. The maximum Gasteiger partial charge on any atom is 0.216 e. The van der Waals surface area contributed by atoms with Crippen LogP contribution in [0.15, 0.2) is 50.7 Å². The van der Waals surface area contributed by atoms with Gasteiger partial charge in [0.25, 0.3) is 0 Å². The van der Waals surface area contributed by atoms with Gasteiger partial charge in [0.05, 0.1) is 4.90 Å². The first kappa shape index (κ1) is 23.2. The van der Waals surface area contributed by atoms with Crippen molar-refractivity contribution in [1.29, 1.82) is 5.26 Å². The number of phenolic OH excluding ortho intramolecular Hbond substituents is 1. The molecule has 1 N–H and O–H groups in total. The van der Waals surface area contributed by atoms with Gasteiger partial charge >= 0.3 is 0 Å². The third kappa shape index (κ3) is 5.09. The number of halogens is 1. The third-order valence-electron chi connectivity index (χ3n) is 4.57. The summed E-state index contributed by atoms with van der Waals surface area (Å²) in [5, 5.41) is 20.4. The van der Waals surface area contributed by atoms with Gasteiger partial charge in [-0.15, -0.1) is 0 Å². The molecule has 0 atom stereocenters. The fraction of sp³-hybridized carbons (Fsp3) is 0.348. The molecule has 0 amide bonds. The number of aromatic hydroxyl groups is 1. The van der Waals surface area contributed by atoms with Gasteiger partial charge < -0.3 is 5.11 Å². The summed E-state index contributed by atoms with van der Waals surface area (Å²) in [6.45, 7) is 11.9. The van der Waals surface area contributed by atoms with Crippen molar-refractivity contribution in [2.45, 2.75) is 57.3 Å². The first-order chi connectivity index (χ1) is 13.2. The van der Waals surface area contributed by atoms with Crippen LogP contribution in [0.4, 0.5) is 0 Å². The number of phenols is 1. The molecule has 0 spiro atoms. The van der Waals surface area contributed by atoms with Crippen molar-refractivity contribution in [2.24, 2.45) is 0 Å². The van der Waals surface area contributed by atoms with E-state index in [1.807, 2.05) is 47.6 Å². The average molecular weight is 476 g/mol. The Morgan fingerprint density at radius 3 is 1.83 bits per heavy atom. The second-order valence-electron chi connectivity index (χ2n) is 9.04. The van der Waals surface area contributed by atoms with Crippen LogP contribution < -0.4 is 0 Å². The minimum absolute atomic E-state index is 0.0550. The highest BCUT2D eigenvalue weighted by atomic mass is 79.9. The second kappa shape index (κ2) is 7.97. The maximum atomic E-state index is 13.0. The lowest BCUT2D eigenvalue weighted by atomic mass is 9.78. The van der Waals surface area contributed by atoms with Gasteiger partial charge in [-0.1, -0.05) is 57.5 Å². The third-order valence-corrected chi connectivity index (χ3v) is 6.78. The SMILES string of the molecule is CC(C)(C)c1cc(/C=C(\C#N)S(=O)(=O)c2ccc(Br)cc2)cc(C(C)(C)C)c1O. The van der Waals surface area contributed by atoms with Gasteiger partial charge in [-0.2, -0.15) is 5.26 Å². The number of nitrogens with zero attached hydrogens (tertiary/aromatic N) is 1. The van der Waals surface area contributed by atoms with Crippen LogP contribution in [0.25, 0.3) is 6.08 Å². The minimum Gasteiger partial charge on any atom is -0.507 e. The van der Waals surface area contributed by atoms with Crippen molar-refractivity contribution in [2.75, 3.05) is 0 Å². The summed E-state index contributed by atoms with van der Waals surface area (Å²) in [6, 6.07) is 11.5. The molecule has 29 heavy (non-hydrogen) atoms. The summed E-state index contributed by atoms with van der Waals surface area (Å²) in [5.74, 6) is 0.205. The van der Waals surface area contributed by atoms with Crippen LogP contribution in [0, 0.1) is 11.3 Å². The number of nitriles is 1. The number of allylic oxidation sites excluding steroid dienone is 1. The smallest absolute Gasteiger partial charge is 0.216 e. The number of rotatable bonds is 3. The molecule has 0 aliphatic carbocycles. The molecular weight excluding hydrogens is 450 g/mol. The lowest BCUT2D eigenvalue weighted by molar-refractivity contribution is 0.423. The van der Waals surface area contributed by atoms with Gasteiger partial charge in [-0.25, -0.2) is 8.42 Å². The zero-order chi connectivity index (χ0) is 22.2. The molecule has 0 aliphatic rings. The van der Waals surface area contributed by atoms with E-state index in [4.69, 9.17) is 0 Å². The normalized spacial score (nSPS) is 13.2. The summed E-state index contributed by atoms with van der Waals surface area (Å²) in [7, 11) is -3.96. The van der Waals surface area contributed by atoms with E-state index in [9.17, 15) is 18.8 Å². The Bertz CT molecular complexity index is 1060. The topological polar surface area (TPSA) is 78.2 Å². The summed E-state index contributed by atoms with van der Waals surface area (Å²) < 4.78 is 26.7. The predicted octanol–water partition coefficient (Wildman–Crippen LogP) is 6.09. The predicted molar refractivity (Wildman–Crippen MR) is 120 cm³/mol. The van der Waals surface area contributed by atoms with E-state index in [1.54, 1.807) is 24.3 Å². The van der Waals surface area contributed by atoms with Crippen molar-refractivity contribution in [3.8, 4) is 11.8 Å². The molecule has 2 aromatic carbocycles. The molecule has 6 heteroatoms.